The highest BCUT2D eigenvalue weighted by Gasteiger charge is 2.16. The van der Waals surface area contributed by atoms with Crippen LogP contribution < -0.4 is 5.73 Å². The van der Waals surface area contributed by atoms with Crippen molar-refractivity contribution in [2.45, 2.75) is 6.61 Å². The van der Waals surface area contributed by atoms with Gasteiger partial charge < -0.3 is 15.0 Å². The molecule has 2 N–H and O–H groups in total. The van der Waals surface area contributed by atoms with Crippen molar-refractivity contribution < 1.29 is 9.26 Å². The maximum absolute atomic E-state index is 6.09. The van der Waals surface area contributed by atoms with Gasteiger partial charge in [0, 0.05) is 7.11 Å². The zero-order chi connectivity index (χ0) is 13.9. The highest BCUT2D eigenvalue weighted by molar-refractivity contribution is 5.68. The van der Waals surface area contributed by atoms with E-state index in [0.29, 0.717) is 23.1 Å². The lowest BCUT2D eigenvalue weighted by Crippen LogP contribution is -2.01. The lowest BCUT2D eigenvalue weighted by atomic mass is 10.3. The quantitative estimate of drug-likeness (QED) is 0.775. The number of hydrogen-bond acceptors (Lipinski definition) is 6. The van der Waals surface area contributed by atoms with E-state index in [9.17, 15) is 0 Å². The predicted octanol–water partition coefficient (Wildman–Crippen LogP) is 1.65. The molecule has 3 aromatic rings. The molecule has 0 bridgehead atoms. The van der Waals surface area contributed by atoms with E-state index >= 15 is 0 Å². The summed E-state index contributed by atoms with van der Waals surface area (Å²) in [6, 6.07) is 9.59. The lowest BCUT2D eigenvalue weighted by molar-refractivity contribution is 0.174. The summed E-state index contributed by atoms with van der Waals surface area (Å²) in [7, 11) is 1.57. The van der Waals surface area contributed by atoms with E-state index < -0.39 is 0 Å². The maximum Gasteiger partial charge on any atom is 0.263 e. The average Bonchev–Trinajstić information content (AvgIpc) is 3.07. The third kappa shape index (κ3) is 2.14. The molecule has 1 aromatic carbocycles. The number of aromatic nitrogens is 4. The van der Waals surface area contributed by atoms with E-state index in [0.717, 1.165) is 5.69 Å². The Morgan fingerprint density at radius 2 is 2.10 bits per heavy atom. The van der Waals surface area contributed by atoms with Gasteiger partial charge in [-0.3, -0.25) is 0 Å². The number of rotatable bonds is 4. The van der Waals surface area contributed by atoms with Crippen LogP contribution in [0.3, 0.4) is 0 Å². The lowest BCUT2D eigenvalue weighted by Gasteiger charge is -2.03. The second kappa shape index (κ2) is 5.14. The van der Waals surface area contributed by atoms with Crippen LogP contribution in [0.15, 0.2) is 41.1 Å². The minimum absolute atomic E-state index is 0.288. The van der Waals surface area contributed by atoms with Gasteiger partial charge in [0.15, 0.2) is 5.82 Å². The van der Waals surface area contributed by atoms with Gasteiger partial charge in [0.25, 0.3) is 5.89 Å². The van der Waals surface area contributed by atoms with Gasteiger partial charge in [-0.15, -0.1) is 0 Å². The van der Waals surface area contributed by atoms with Gasteiger partial charge in [0.2, 0.25) is 0 Å². The van der Waals surface area contributed by atoms with E-state index in [4.69, 9.17) is 15.0 Å². The molecule has 0 aliphatic rings. The van der Waals surface area contributed by atoms with Crippen molar-refractivity contribution in [3.63, 3.8) is 0 Å². The van der Waals surface area contributed by atoms with Gasteiger partial charge in [0.1, 0.15) is 18.0 Å². The molecule has 102 valence electrons. The third-order valence-electron chi connectivity index (χ3n) is 2.78. The number of methoxy groups -OCH3 is 1. The zero-order valence-electron chi connectivity index (χ0n) is 10.9. The van der Waals surface area contributed by atoms with Crippen LogP contribution in [0.5, 0.6) is 0 Å². The SMILES string of the molecule is COCc1noc(-c2cnn(-c3ccccc3)c2N)n1. The summed E-state index contributed by atoms with van der Waals surface area (Å²) in [6.45, 7) is 0.288. The first kappa shape index (κ1) is 12.4. The molecule has 0 spiro atoms. The monoisotopic (exact) mass is 271 g/mol. The number of nitrogens with zero attached hydrogens (tertiary/aromatic N) is 4. The molecule has 0 unspecified atom stereocenters. The van der Waals surface area contributed by atoms with E-state index in [-0.39, 0.29) is 6.61 Å². The Morgan fingerprint density at radius 1 is 1.30 bits per heavy atom. The number of nitrogen functional groups attached to an aromatic ring is 1. The molecule has 7 heteroatoms. The van der Waals surface area contributed by atoms with Gasteiger partial charge in [-0.05, 0) is 12.1 Å². The number of hydrogen-bond donors (Lipinski definition) is 1. The summed E-state index contributed by atoms with van der Waals surface area (Å²) in [5.74, 6) is 1.25. The molecule has 0 saturated carbocycles. The second-order valence-corrected chi connectivity index (χ2v) is 4.14. The topological polar surface area (TPSA) is 92.0 Å². The molecule has 2 heterocycles. The van der Waals surface area contributed by atoms with Gasteiger partial charge in [-0.25, -0.2) is 4.68 Å². The summed E-state index contributed by atoms with van der Waals surface area (Å²) in [5.41, 5.74) is 7.56. The molecule has 3 rings (SSSR count). The molecular weight excluding hydrogens is 258 g/mol. The molecule has 0 aliphatic carbocycles. The highest BCUT2D eigenvalue weighted by Crippen LogP contribution is 2.26. The van der Waals surface area contributed by atoms with Crippen LogP contribution in [0.25, 0.3) is 17.1 Å². The van der Waals surface area contributed by atoms with Crippen molar-refractivity contribution in [1.82, 2.24) is 19.9 Å². The second-order valence-electron chi connectivity index (χ2n) is 4.14. The van der Waals surface area contributed by atoms with Crippen molar-refractivity contribution in [3.05, 3.63) is 42.4 Å². The van der Waals surface area contributed by atoms with Crippen LogP contribution >= 0.6 is 0 Å². The zero-order valence-corrected chi connectivity index (χ0v) is 10.9. The fraction of sp³-hybridized carbons (Fsp3) is 0.154. The molecule has 0 saturated heterocycles. The molecule has 2 aromatic heterocycles. The smallest absolute Gasteiger partial charge is 0.263 e. The van der Waals surface area contributed by atoms with Crippen molar-refractivity contribution >= 4 is 5.82 Å². The first-order valence-corrected chi connectivity index (χ1v) is 6.00. The van der Waals surface area contributed by atoms with Crippen LogP contribution in [-0.4, -0.2) is 27.0 Å². The third-order valence-corrected chi connectivity index (χ3v) is 2.78. The van der Waals surface area contributed by atoms with Crippen molar-refractivity contribution in [2.24, 2.45) is 0 Å². The van der Waals surface area contributed by atoms with Gasteiger partial charge in [-0.2, -0.15) is 10.1 Å². The Labute approximate surface area is 115 Å². The van der Waals surface area contributed by atoms with Crippen LogP contribution in [0, 0.1) is 0 Å². The van der Waals surface area contributed by atoms with Gasteiger partial charge in [-0.1, -0.05) is 23.4 Å². The molecule has 7 nitrogen and oxygen atoms in total. The standard InChI is InChI=1S/C13H13N5O2/c1-19-8-11-16-13(20-17-11)10-7-15-18(12(10)14)9-5-3-2-4-6-9/h2-7H,8,14H2,1H3. The molecular formula is C13H13N5O2. The van der Waals surface area contributed by atoms with E-state index in [1.54, 1.807) is 18.0 Å². The summed E-state index contributed by atoms with van der Waals surface area (Å²) < 4.78 is 11.7. The Balaban J connectivity index is 1.97. The Hall–Kier alpha value is -2.67. The molecule has 0 radical (unpaired) electrons. The first-order chi connectivity index (χ1) is 9.79. The number of nitrogens with two attached hydrogens (primary N) is 1. The van der Waals surface area contributed by atoms with Crippen LogP contribution in [0.4, 0.5) is 5.82 Å². The van der Waals surface area contributed by atoms with E-state index in [1.165, 1.54) is 0 Å². The summed E-state index contributed by atoms with van der Waals surface area (Å²) in [6.07, 6.45) is 1.60. The predicted molar refractivity (Wildman–Crippen MR) is 72.0 cm³/mol. The van der Waals surface area contributed by atoms with Crippen LogP contribution in [-0.2, 0) is 11.3 Å². The van der Waals surface area contributed by atoms with Crippen molar-refractivity contribution in [3.8, 4) is 17.1 Å². The fourth-order valence-electron chi connectivity index (χ4n) is 1.85. The summed E-state index contributed by atoms with van der Waals surface area (Å²) in [4.78, 5) is 4.20. The van der Waals surface area contributed by atoms with Crippen LogP contribution in [0.2, 0.25) is 0 Å². The minimum Gasteiger partial charge on any atom is -0.383 e. The number of anilines is 1. The van der Waals surface area contributed by atoms with Gasteiger partial charge >= 0.3 is 0 Å². The Morgan fingerprint density at radius 3 is 2.85 bits per heavy atom. The molecule has 20 heavy (non-hydrogen) atoms. The minimum atomic E-state index is 0.288. The highest BCUT2D eigenvalue weighted by atomic mass is 16.5. The normalized spacial score (nSPS) is 10.8. The average molecular weight is 271 g/mol. The maximum atomic E-state index is 6.09. The van der Waals surface area contributed by atoms with E-state index in [1.807, 2.05) is 30.3 Å². The summed E-state index contributed by atoms with van der Waals surface area (Å²) in [5, 5.41) is 8.05. The molecule has 0 atom stereocenters. The van der Waals surface area contributed by atoms with Crippen LogP contribution in [0.1, 0.15) is 5.82 Å². The number of ether oxygens (including phenoxy) is 1. The summed E-state index contributed by atoms with van der Waals surface area (Å²) >= 11 is 0. The van der Waals surface area contributed by atoms with Gasteiger partial charge in [0.05, 0.1) is 11.9 Å². The Bertz CT molecular complexity index is 705. The molecule has 0 amide bonds. The number of para-hydroxylation sites is 1. The molecule has 0 aliphatic heterocycles. The number of benzene rings is 1. The largest absolute Gasteiger partial charge is 0.383 e. The Kier molecular flexibility index (Phi) is 3.18. The van der Waals surface area contributed by atoms with Crippen molar-refractivity contribution in [1.29, 1.82) is 0 Å². The first-order valence-electron chi connectivity index (χ1n) is 6.00. The fourth-order valence-corrected chi connectivity index (χ4v) is 1.85. The molecule has 0 fully saturated rings. The van der Waals surface area contributed by atoms with Crippen molar-refractivity contribution in [2.75, 3.05) is 12.8 Å². The van der Waals surface area contributed by atoms with E-state index in [2.05, 4.69) is 15.2 Å².